The summed E-state index contributed by atoms with van der Waals surface area (Å²) in [6.45, 7) is 8.26. The van der Waals surface area contributed by atoms with Crippen LogP contribution in [-0.2, 0) is 9.53 Å². The van der Waals surface area contributed by atoms with Gasteiger partial charge in [0.2, 0.25) is 0 Å². The fourth-order valence-corrected chi connectivity index (χ4v) is 3.31. The Morgan fingerprint density at radius 2 is 1.86 bits per heavy atom. The maximum absolute atomic E-state index is 13.5. The number of aliphatic hydroxyl groups excluding tert-OH is 1. The lowest BCUT2D eigenvalue weighted by Crippen LogP contribution is -2.31. The van der Waals surface area contributed by atoms with Gasteiger partial charge in [0, 0.05) is 17.7 Å². The molecule has 1 aromatic heterocycles. The van der Waals surface area contributed by atoms with E-state index < -0.39 is 18.2 Å². The summed E-state index contributed by atoms with van der Waals surface area (Å²) < 4.78 is 18.7. The Morgan fingerprint density at radius 1 is 1.17 bits per heavy atom. The Bertz CT molecular complexity index is 955. The highest BCUT2D eigenvalue weighted by molar-refractivity contribution is 5.74. The van der Waals surface area contributed by atoms with Crippen molar-refractivity contribution in [2.75, 3.05) is 0 Å². The Morgan fingerprint density at radius 3 is 2.45 bits per heavy atom. The second-order valence-electron chi connectivity index (χ2n) is 8.01. The minimum Gasteiger partial charge on any atom is -0.449 e. The lowest BCUT2D eigenvalue weighted by Gasteiger charge is -2.22. The Kier molecular flexibility index (Phi) is 6.34. The molecule has 0 spiro atoms. The molecule has 152 valence electrons. The monoisotopic (exact) mass is 395 g/mol. The molecule has 1 aliphatic rings. The molecule has 5 heteroatoms. The molecule has 1 N–H and O–H groups in total. The second-order valence-corrected chi connectivity index (χ2v) is 8.01. The summed E-state index contributed by atoms with van der Waals surface area (Å²) in [4.78, 5) is 16.4. The van der Waals surface area contributed by atoms with Crippen molar-refractivity contribution in [3.63, 3.8) is 0 Å². The summed E-state index contributed by atoms with van der Waals surface area (Å²) >= 11 is 0. The Labute approximate surface area is 171 Å². The van der Waals surface area contributed by atoms with Crippen molar-refractivity contribution in [2.24, 2.45) is 0 Å². The zero-order chi connectivity index (χ0) is 21.1. The Balaban J connectivity index is 2.14. The molecule has 1 saturated heterocycles. The predicted molar refractivity (Wildman–Crippen MR) is 110 cm³/mol. The molecule has 2 atom stereocenters. The van der Waals surface area contributed by atoms with Gasteiger partial charge in [0.25, 0.3) is 0 Å². The minimum absolute atomic E-state index is 0.000887. The molecule has 1 aliphatic heterocycles. The molecule has 0 amide bonds. The number of aromatic nitrogens is 1. The van der Waals surface area contributed by atoms with Gasteiger partial charge in [-0.05, 0) is 35.6 Å². The van der Waals surface area contributed by atoms with E-state index in [4.69, 9.17) is 9.72 Å². The second kappa shape index (κ2) is 8.75. The van der Waals surface area contributed by atoms with Crippen LogP contribution in [0.25, 0.3) is 11.1 Å². The number of carbonyl (C=O) groups is 1. The number of carbonyl (C=O) groups excluding carboxylic acids is 1. The van der Waals surface area contributed by atoms with Crippen LogP contribution in [0.2, 0.25) is 0 Å². The van der Waals surface area contributed by atoms with Crippen LogP contribution < -0.4 is 0 Å². The fraction of sp³-hybridized carbons (Fsp3) is 0.417. The van der Waals surface area contributed by atoms with Crippen LogP contribution in [0.15, 0.2) is 30.3 Å². The number of rotatable bonds is 3. The van der Waals surface area contributed by atoms with E-state index in [0.717, 1.165) is 28.1 Å². The van der Waals surface area contributed by atoms with Gasteiger partial charge in [0.15, 0.2) is 6.10 Å². The number of hydrogen-bond acceptors (Lipinski definition) is 4. The molecule has 2 aromatic rings. The normalized spacial score (nSPS) is 19.1. The van der Waals surface area contributed by atoms with Crippen molar-refractivity contribution in [1.29, 1.82) is 0 Å². The molecule has 0 saturated carbocycles. The van der Waals surface area contributed by atoms with E-state index in [2.05, 4.69) is 39.5 Å². The SMILES string of the molecule is CC(C)c1cc(-c2ccc(F)cc2)c(C#C[C@@H]2C[C@@H](O)CC(=O)O2)c(C(C)C)n1. The third-order valence-corrected chi connectivity index (χ3v) is 4.88. The summed E-state index contributed by atoms with van der Waals surface area (Å²) in [6, 6.07) is 8.31. The summed E-state index contributed by atoms with van der Waals surface area (Å²) in [5.41, 5.74) is 4.26. The average molecular weight is 395 g/mol. The number of hydrogen-bond donors (Lipinski definition) is 1. The zero-order valence-electron chi connectivity index (χ0n) is 17.2. The average Bonchev–Trinajstić information content (AvgIpc) is 2.65. The van der Waals surface area contributed by atoms with Gasteiger partial charge in [-0.3, -0.25) is 9.78 Å². The summed E-state index contributed by atoms with van der Waals surface area (Å²) in [5, 5.41) is 9.83. The maximum atomic E-state index is 13.5. The number of ether oxygens (including phenoxy) is 1. The van der Waals surface area contributed by atoms with Crippen LogP contribution in [0.5, 0.6) is 0 Å². The quantitative estimate of drug-likeness (QED) is 0.612. The minimum atomic E-state index is -0.738. The van der Waals surface area contributed by atoms with Gasteiger partial charge in [-0.15, -0.1) is 0 Å². The first-order chi connectivity index (χ1) is 13.7. The molecule has 2 heterocycles. The number of cyclic esters (lactones) is 1. The lowest BCUT2D eigenvalue weighted by molar-refractivity contribution is -0.155. The van der Waals surface area contributed by atoms with Crippen molar-refractivity contribution in [3.8, 4) is 23.0 Å². The van der Waals surface area contributed by atoms with Crippen molar-refractivity contribution >= 4 is 5.97 Å². The first-order valence-corrected chi connectivity index (χ1v) is 9.94. The Hall–Kier alpha value is -2.71. The van der Waals surface area contributed by atoms with E-state index in [1.807, 2.05) is 6.07 Å². The number of aliphatic hydroxyl groups is 1. The van der Waals surface area contributed by atoms with Gasteiger partial charge in [0.1, 0.15) is 5.82 Å². The maximum Gasteiger partial charge on any atom is 0.309 e. The molecule has 1 aromatic carbocycles. The molecule has 0 aliphatic carbocycles. The lowest BCUT2D eigenvalue weighted by atomic mass is 9.92. The molecule has 0 bridgehead atoms. The number of benzene rings is 1. The molecule has 29 heavy (non-hydrogen) atoms. The van der Waals surface area contributed by atoms with Crippen LogP contribution in [0.3, 0.4) is 0 Å². The molecule has 4 nitrogen and oxygen atoms in total. The zero-order valence-corrected chi connectivity index (χ0v) is 17.2. The molecular formula is C24H26FNO3. The van der Waals surface area contributed by atoms with Crippen LogP contribution in [-0.4, -0.2) is 28.3 Å². The van der Waals surface area contributed by atoms with Crippen molar-refractivity contribution in [3.05, 3.63) is 53.1 Å². The summed E-state index contributed by atoms with van der Waals surface area (Å²) in [5.74, 6) is 5.76. The molecule has 0 unspecified atom stereocenters. The van der Waals surface area contributed by atoms with E-state index in [1.54, 1.807) is 12.1 Å². The van der Waals surface area contributed by atoms with E-state index in [1.165, 1.54) is 12.1 Å². The highest BCUT2D eigenvalue weighted by atomic mass is 19.1. The van der Waals surface area contributed by atoms with E-state index in [9.17, 15) is 14.3 Å². The number of halogens is 1. The summed E-state index contributed by atoms with van der Waals surface area (Å²) in [7, 11) is 0. The molecular weight excluding hydrogens is 369 g/mol. The summed E-state index contributed by atoms with van der Waals surface area (Å²) in [6.07, 6.45) is -1.10. The van der Waals surface area contributed by atoms with Crippen LogP contribution in [0.1, 0.15) is 69.3 Å². The fourth-order valence-electron chi connectivity index (χ4n) is 3.31. The van der Waals surface area contributed by atoms with Gasteiger partial charge in [-0.2, -0.15) is 0 Å². The van der Waals surface area contributed by atoms with Crippen molar-refractivity contribution in [1.82, 2.24) is 4.98 Å². The van der Waals surface area contributed by atoms with Gasteiger partial charge >= 0.3 is 5.97 Å². The standard InChI is InChI=1S/C24H26FNO3/c1-14(2)22-13-21(16-5-7-17(25)8-6-16)20(24(26-22)15(3)4)10-9-19-11-18(27)12-23(28)29-19/h5-8,13-15,18-19,27H,11-12H2,1-4H3/t18-,19-/m1/s1. The first kappa shape index (κ1) is 21.0. The van der Waals surface area contributed by atoms with E-state index in [0.29, 0.717) is 6.42 Å². The number of esters is 1. The number of nitrogens with zero attached hydrogens (tertiary/aromatic N) is 1. The smallest absolute Gasteiger partial charge is 0.309 e. The van der Waals surface area contributed by atoms with Crippen LogP contribution >= 0.6 is 0 Å². The molecule has 0 radical (unpaired) electrons. The van der Waals surface area contributed by atoms with E-state index >= 15 is 0 Å². The highest BCUT2D eigenvalue weighted by Gasteiger charge is 2.26. The van der Waals surface area contributed by atoms with Gasteiger partial charge in [-0.25, -0.2) is 4.39 Å². The van der Waals surface area contributed by atoms with Crippen molar-refractivity contribution in [2.45, 2.75) is 64.6 Å². The van der Waals surface area contributed by atoms with Gasteiger partial charge in [-0.1, -0.05) is 51.7 Å². The van der Waals surface area contributed by atoms with Crippen LogP contribution in [0.4, 0.5) is 4.39 Å². The third kappa shape index (κ3) is 5.02. The van der Waals surface area contributed by atoms with E-state index in [-0.39, 0.29) is 24.1 Å². The van der Waals surface area contributed by atoms with Crippen LogP contribution in [0, 0.1) is 17.7 Å². The largest absolute Gasteiger partial charge is 0.449 e. The molecule has 1 fully saturated rings. The topological polar surface area (TPSA) is 59.4 Å². The third-order valence-electron chi connectivity index (χ3n) is 4.88. The number of pyridine rings is 1. The highest BCUT2D eigenvalue weighted by Crippen LogP contribution is 2.32. The van der Waals surface area contributed by atoms with Gasteiger partial charge in [0.05, 0.1) is 23.8 Å². The van der Waals surface area contributed by atoms with Crippen molar-refractivity contribution < 1.29 is 19.0 Å². The molecule has 3 rings (SSSR count). The predicted octanol–water partition coefficient (Wildman–Crippen LogP) is 4.55. The first-order valence-electron chi connectivity index (χ1n) is 9.94. The van der Waals surface area contributed by atoms with Gasteiger partial charge < -0.3 is 9.84 Å².